The molecule has 0 fully saturated rings. The predicted molar refractivity (Wildman–Crippen MR) is 119 cm³/mol. The van der Waals surface area contributed by atoms with Crippen LogP contribution in [0.5, 0.6) is 0 Å². The quantitative estimate of drug-likeness (QED) is 0.603. The largest absolute Gasteiger partial charge is 0.350 e. The van der Waals surface area contributed by atoms with Crippen molar-refractivity contribution >= 4 is 17.7 Å². The average molecular weight is 449 g/mol. The van der Waals surface area contributed by atoms with Crippen LogP contribution in [-0.4, -0.2) is 45.0 Å². The van der Waals surface area contributed by atoms with Crippen LogP contribution in [0.15, 0.2) is 60.7 Å². The smallest absolute Gasteiger partial charge is 0.272 e. The lowest BCUT2D eigenvalue weighted by molar-refractivity contribution is -0.132. The SMILES string of the molecule is CN1C(=O)c2cc(C(=O)NCc3ccccc3)nn2C[C@@]1(C)C(=O)NCc1ccc(F)cc1. The highest BCUT2D eigenvalue weighted by Crippen LogP contribution is 2.26. The predicted octanol–water partition coefficient (Wildman–Crippen LogP) is 2.11. The second kappa shape index (κ2) is 8.85. The number of aromatic nitrogens is 2. The molecule has 2 N–H and O–H groups in total. The van der Waals surface area contributed by atoms with E-state index in [9.17, 15) is 18.8 Å². The first-order valence-electron chi connectivity index (χ1n) is 10.5. The number of nitrogens with one attached hydrogen (secondary N) is 2. The second-order valence-corrected chi connectivity index (χ2v) is 8.19. The van der Waals surface area contributed by atoms with Crippen molar-refractivity contribution in [3.63, 3.8) is 0 Å². The number of likely N-dealkylation sites (N-methyl/N-ethyl adjacent to an activating group) is 1. The molecule has 1 atom stereocenters. The summed E-state index contributed by atoms with van der Waals surface area (Å²) >= 11 is 0. The molecule has 3 aromatic rings. The number of hydrogen-bond acceptors (Lipinski definition) is 4. The third-order valence-corrected chi connectivity index (χ3v) is 5.89. The Morgan fingerprint density at radius 2 is 1.67 bits per heavy atom. The van der Waals surface area contributed by atoms with E-state index < -0.39 is 17.4 Å². The van der Waals surface area contributed by atoms with Crippen LogP contribution in [0.4, 0.5) is 4.39 Å². The van der Waals surface area contributed by atoms with E-state index in [0.717, 1.165) is 11.1 Å². The number of hydrogen-bond donors (Lipinski definition) is 2. The molecule has 0 bridgehead atoms. The molecular weight excluding hydrogens is 425 g/mol. The molecule has 33 heavy (non-hydrogen) atoms. The van der Waals surface area contributed by atoms with Gasteiger partial charge in [-0.3, -0.25) is 19.1 Å². The van der Waals surface area contributed by atoms with Crippen LogP contribution in [0.3, 0.4) is 0 Å². The average Bonchev–Trinajstić information content (AvgIpc) is 3.25. The molecule has 0 saturated heterocycles. The normalized spacial score (nSPS) is 17.4. The van der Waals surface area contributed by atoms with Crippen LogP contribution >= 0.6 is 0 Å². The maximum Gasteiger partial charge on any atom is 0.272 e. The molecule has 2 heterocycles. The molecule has 0 unspecified atom stereocenters. The fraction of sp³-hybridized carbons (Fsp3) is 0.250. The molecule has 9 heteroatoms. The summed E-state index contributed by atoms with van der Waals surface area (Å²) in [4.78, 5) is 39.9. The fourth-order valence-electron chi connectivity index (χ4n) is 3.68. The number of nitrogens with zero attached hydrogens (tertiary/aromatic N) is 3. The summed E-state index contributed by atoms with van der Waals surface area (Å²) in [5, 5.41) is 9.88. The third kappa shape index (κ3) is 4.48. The van der Waals surface area contributed by atoms with Gasteiger partial charge in [0, 0.05) is 26.2 Å². The minimum absolute atomic E-state index is 0.0891. The maximum absolute atomic E-state index is 13.1. The van der Waals surface area contributed by atoms with Gasteiger partial charge in [0.25, 0.3) is 11.8 Å². The molecule has 3 amide bonds. The number of rotatable bonds is 6. The molecule has 0 radical (unpaired) electrons. The summed E-state index contributed by atoms with van der Waals surface area (Å²) in [6.07, 6.45) is 0. The zero-order valence-electron chi connectivity index (χ0n) is 18.3. The van der Waals surface area contributed by atoms with E-state index in [4.69, 9.17) is 0 Å². The first kappa shape index (κ1) is 22.2. The van der Waals surface area contributed by atoms with Crippen molar-refractivity contribution in [1.82, 2.24) is 25.3 Å². The molecule has 170 valence electrons. The number of fused-ring (bicyclic) bond motifs is 1. The molecule has 0 spiro atoms. The van der Waals surface area contributed by atoms with Crippen LogP contribution in [0.1, 0.15) is 39.0 Å². The van der Waals surface area contributed by atoms with Crippen molar-refractivity contribution in [1.29, 1.82) is 0 Å². The third-order valence-electron chi connectivity index (χ3n) is 5.89. The van der Waals surface area contributed by atoms with Crippen LogP contribution in [-0.2, 0) is 24.4 Å². The highest BCUT2D eigenvalue weighted by Gasteiger charge is 2.46. The monoisotopic (exact) mass is 449 g/mol. The second-order valence-electron chi connectivity index (χ2n) is 8.19. The van der Waals surface area contributed by atoms with Gasteiger partial charge in [-0.15, -0.1) is 0 Å². The van der Waals surface area contributed by atoms with E-state index in [0.29, 0.717) is 6.54 Å². The summed E-state index contributed by atoms with van der Waals surface area (Å²) in [5.74, 6) is -1.54. The highest BCUT2D eigenvalue weighted by molar-refractivity contribution is 6.01. The first-order chi connectivity index (χ1) is 15.8. The lowest BCUT2D eigenvalue weighted by Crippen LogP contribution is -2.62. The van der Waals surface area contributed by atoms with E-state index in [1.165, 1.54) is 27.8 Å². The van der Waals surface area contributed by atoms with Crippen molar-refractivity contribution in [3.05, 3.63) is 89.0 Å². The van der Waals surface area contributed by atoms with Gasteiger partial charge in [0.05, 0.1) is 6.54 Å². The molecule has 0 saturated carbocycles. The van der Waals surface area contributed by atoms with Gasteiger partial charge in [-0.25, -0.2) is 4.39 Å². The van der Waals surface area contributed by atoms with Crippen molar-refractivity contribution in [2.45, 2.75) is 32.1 Å². The van der Waals surface area contributed by atoms with Gasteiger partial charge in [0.1, 0.15) is 17.1 Å². The van der Waals surface area contributed by atoms with E-state index >= 15 is 0 Å². The minimum Gasteiger partial charge on any atom is -0.350 e. The Balaban J connectivity index is 1.47. The van der Waals surface area contributed by atoms with Crippen molar-refractivity contribution in [2.75, 3.05) is 7.05 Å². The van der Waals surface area contributed by atoms with Gasteiger partial charge in [0.2, 0.25) is 5.91 Å². The number of carbonyl (C=O) groups excluding carboxylic acids is 3. The molecule has 1 aliphatic heterocycles. The molecular formula is C24H24FN5O3. The van der Waals surface area contributed by atoms with E-state index in [1.807, 2.05) is 30.3 Å². The lowest BCUT2D eigenvalue weighted by atomic mass is 9.96. The van der Waals surface area contributed by atoms with Gasteiger partial charge in [0.15, 0.2) is 5.69 Å². The summed E-state index contributed by atoms with van der Waals surface area (Å²) in [7, 11) is 1.55. The van der Waals surface area contributed by atoms with Gasteiger partial charge in [-0.2, -0.15) is 5.10 Å². The molecule has 1 aliphatic rings. The number of benzene rings is 2. The lowest BCUT2D eigenvalue weighted by Gasteiger charge is -2.40. The van der Waals surface area contributed by atoms with E-state index in [2.05, 4.69) is 15.7 Å². The van der Waals surface area contributed by atoms with E-state index in [1.54, 1.807) is 26.1 Å². The van der Waals surface area contributed by atoms with Crippen LogP contribution < -0.4 is 10.6 Å². The minimum atomic E-state index is -1.21. The Labute approximate surface area is 190 Å². The first-order valence-corrected chi connectivity index (χ1v) is 10.5. The van der Waals surface area contributed by atoms with Gasteiger partial charge < -0.3 is 15.5 Å². The standard InChI is InChI=1S/C24H24FN5O3/c1-24(23(33)27-14-17-8-10-18(25)11-9-17)15-30-20(22(32)29(24)2)12-19(28-30)21(31)26-13-16-6-4-3-5-7-16/h3-12H,13-15H2,1-2H3,(H,26,31)(H,27,33)/t24-/m0/s1. The zero-order chi connectivity index (χ0) is 23.6. The zero-order valence-corrected chi connectivity index (χ0v) is 18.3. The highest BCUT2D eigenvalue weighted by atomic mass is 19.1. The molecule has 1 aromatic heterocycles. The van der Waals surface area contributed by atoms with Crippen molar-refractivity contribution < 1.29 is 18.8 Å². The Morgan fingerprint density at radius 3 is 2.36 bits per heavy atom. The van der Waals surface area contributed by atoms with Crippen molar-refractivity contribution in [3.8, 4) is 0 Å². The molecule has 4 rings (SSSR count). The number of amides is 3. The Morgan fingerprint density at radius 1 is 1.03 bits per heavy atom. The van der Waals surface area contributed by atoms with Gasteiger partial charge in [-0.05, 0) is 30.2 Å². The number of carbonyl (C=O) groups is 3. The fourth-order valence-corrected chi connectivity index (χ4v) is 3.68. The van der Waals surface area contributed by atoms with Crippen molar-refractivity contribution in [2.24, 2.45) is 0 Å². The molecule has 8 nitrogen and oxygen atoms in total. The Bertz CT molecular complexity index is 1190. The van der Waals surface area contributed by atoms with E-state index in [-0.39, 0.29) is 36.2 Å². The molecule has 0 aliphatic carbocycles. The Hall–Kier alpha value is -4.01. The number of halogens is 1. The van der Waals surface area contributed by atoms with Gasteiger partial charge in [-0.1, -0.05) is 42.5 Å². The summed E-state index contributed by atoms with van der Waals surface area (Å²) in [6.45, 7) is 2.26. The van der Waals surface area contributed by atoms with Crippen LogP contribution in [0.25, 0.3) is 0 Å². The maximum atomic E-state index is 13.1. The Kier molecular flexibility index (Phi) is 5.95. The summed E-state index contributed by atoms with van der Waals surface area (Å²) in [6, 6.07) is 16.7. The topological polar surface area (TPSA) is 96.3 Å². The molecule has 2 aromatic carbocycles. The van der Waals surface area contributed by atoms with Crippen LogP contribution in [0.2, 0.25) is 0 Å². The van der Waals surface area contributed by atoms with Gasteiger partial charge >= 0.3 is 0 Å². The summed E-state index contributed by atoms with van der Waals surface area (Å²) < 4.78 is 14.5. The summed E-state index contributed by atoms with van der Waals surface area (Å²) in [5.41, 5.74) is 0.810. The van der Waals surface area contributed by atoms with Crippen LogP contribution in [0, 0.1) is 5.82 Å².